The first-order chi connectivity index (χ1) is 8.06. The Kier molecular flexibility index (Phi) is 3.01. The first-order valence-corrected chi connectivity index (χ1v) is 5.61. The minimum absolute atomic E-state index is 0.200. The molecule has 0 radical (unpaired) electrons. The summed E-state index contributed by atoms with van der Waals surface area (Å²) in [5, 5.41) is 4.59. The van der Waals surface area contributed by atoms with Gasteiger partial charge in [0.25, 0.3) is 5.91 Å². The number of rotatable bonds is 3. The van der Waals surface area contributed by atoms with Gasteiger partial charge in [0, 0.05) is 13.2 Å². The van der Waals surface area contributed by atoms with Gasteiger partial charge in [-0.25, -0.2) is 4.98 Å². The quantitative estimate of drug-likeness (QED) is 0.831. The van der Waals surface area contributed by atoms with Crippen LogP contribution in [-0.4, -0.2) is 20.7 Å². The van der Waals surface area contributed by atoms with Gasteiger partial charge in [-0.2, -0.15) is 5.10 Å². The smallest absolute Gasteiger partial charge is 0.267 e. The number of pyridine rings is 1. The number of hydrogen-bond acceptors (Lipinski definition) is 5. The van der Waals surface area contributed by atoms with Crippen LogP contribution in [0.15, 0.2) is 34.4 Å². The summed E-state index contributed by atoms with van der Waals surface area (Å²) >= 11 is 1.34. The van der Waals surface area contributed by atoms with Crippen LogP contribution in [0, 0.1) is 0 Å². The molecule has 7 heteroatoms. The van der Waals surface area contributed by atoms with E-state index in [4.69, 9.17) is 11.5 Å². The predicted octanol–water partition coefficient (Wildman–Crippen LogP) is 0.647. The molecule has 2 heterocycles. The zero-order valence-corrected chi connectivity index (χ0v) is 9.94. The summed E-state index contributed by atoms with van der Waals surface area (Å²) in [7, 11) is 1.82. The molecule has 0 spiro atoms. The van der Waals surface area contributed by atoms with E-state index in [1.807, 2.05) is 13.2 Å². The number of hydrogen-bond donors (Lipinski definition) is 2. The van der Waals surface area contributed by atoms with Crippen molar-refractivity contribution < 1.29 is 4.79 Å². The van der Waals surface area contributed by atoms with Gasteiger partial charge < -0.3 is 11.5 Å². The summed E-state index contributed by atoms with van der Waals surface area (Å²) < 4.78 is 1.68. The summed E-state index contributed by atoms with van der Waals surface area (Å²) in [5.41, 5.74) is 11.6. The lowest BCUT2D eigenvalue weighted by atomic mass is 10.3. The van der Waals surface area contributed by atoms with Crippen molar-refractivity contribution in [3.8, 4) is 0 Å². The Morgan fingerprint density at radius 2 is 2.24 bits per heavy atom. The number of nitrogens with two attached hydrogens (primary N) is 2. The van der Waals surface area contributed by atoms with Crippen molar-refractivity contribution in [2.24, 2.45) is 12.8 Å². The fourth-order valence-corrected chi connectivity index (χ4v) is 2.09. The van der Waals surface area contributed by atoms with Crippen LogP contribution in [-0.2, 0) is 7.05 Å². The number of carbonyl (C=O) groups is 1. The van der Waals surface area contributed by atoms with E-state index in [-0.39, 0.29) is 5.69 Å². The molecule has 2 aromatic rings. The maximum atomic E-state index is 11.0. The molecule has 88 valence electrons. The third kappa shape index (κ3) is 2.56. The highest BCUT2D eigenvalue weighted by Crippen LogP contribution is 2.29. The van der Waals surface area contributed by atoms with Gasteiger partial charge in [0.15, 0.2) is 0 Å². The fraction of sp³-hybridized carbons (Fsp3) is 0.100. The third-order valence-electron chi connectivity index (χ3n) is 2.04. The molecule has 0 bridgehead atoms. The molecular formula is C10H11N5OS. The van der Waals surface area contributed by atoms with Gasteiger partial charge in [0.2, 0.25) is 0 Å². The lowest BCUT2D eigenvalue weighted by Gasteiger charge is -2.03. The number of aromatic nitrogens is 3. The Hall–Kier alpha value is -2.02. The van der Waals surface area contributed by atoms with E-state index >= 15 is 0 Å². The molecule has 2 rings (SSSR count). The molecule has 0 aliphatic heterocycles. The van der Waals surface area contributed by atoms with Crippen LogP contribution >= 0.6 is 11.8 Å². The Balaban J connectivity index is 2.31. The van der Waals surface area contributed by atoms with Gasteiger partial charge >= 0.3 is 0 Å². The number of amides is 1. The van der Waals surface area contributed by atoms with E-state index in [0.717, 1.165) is 4.90 Å². The zero-order chi connectivity index (χ0) is 12.4. The highest BCUT2D eigenvalue weighted by atomic mass is 32.2. The maximum Gasteiger partial charge on any atom is 0.267 e. The second-order valence-corrected chi connectivity index (χ2v) is 4.47. The number of nitrogen functional groups attached to an aromatic ring is 1. The van der Waals surface area contributed by atoms with Gasteiger partial charge in [-0.05, 0) is 12.1 Å². The molecule has 2 aromatic heterocycles. The van der Waals surface area contributed by atoms with E-state index < -0.39 is 5.91 Å². The number of aryl methyl sites for hydroxylation is 1. The molecule has 0 aromatic carbocycles. The van der Waals surface area contributed by atoms with Crippen LogP contribution in [0.2, 0.25) is 0 Å². The van der Waals surface area contributed by atoms with Crippen molar-refractivity contribution in [3.05, 3.63) is 30.2 Å². The monoisotopic (exact) mass is 249 g/mol. The maximum absolute atomic E-state index is 11.0. The van der Waals surface area contributed by atoms with E-state index in [1.54, 1.807) is 16.9 Å². The van der Waals surface area contributed by atoms with Gasteiger partial charge in [0.05, 0.1) is 16.8 Å². The Morgan fingerprint density at radius 1 is 1.47 bits per heavy atom. The molecule has 17 heavy (non-hydrogen) atoms. The molecule has 0 aliphatic rings. The van der Waals surface area contributed by atoms with Gasteiger partial charge in [-0.15, -0.1) is 0 Å². The Morgan fingerprint density at radius 3 is 2.82 bits per heavy atom. The lowest BCUT2D eigenvalue weighted by Crippen LogP contribution is -2.13. The van der Waals surface area contributed by atoms with Crippen molar-refractivity contribution in [2.75, 3.05) is 5.73 Å². The van der Waals surface area contributed by atoms with Crippen molar-refractivity contribution in [3.63, 3.8) is 0 Å². The molecule has 0 saturated heterocycles. The second-order valence-electron chi connectivity index (χ2n) is 3.41. The van der Waals surface area contributed by atoms with Gasteiger partial charge in [-0.3, -0.25) is 9.48 Å². The van der Waals surface area contributed by atoms with Crippen LogP contribution in [0.3, 0.4) is 0 Å². The number of primary amides is 1. The van der Waals surface area contributed by atoms with Gasteiger partial charge in [-0.1, -0.05) is 11.8 Å². The molecule has 0 atom stereocenters. The first-order valence-electron chi connectivity index (χ1n) is 4.79. The van der Waals surface area contributed by atoms with Crippen molar-refractivity contribution in [1.29, 1.82) is 0 Å². The van der Waals surface area contributed by atoms with Crippen molar-refractivity contribution >= 4 is 23.4 Å². The topological polar surface area (TPSA) is 99.8 Å². The van der Waals surface area contributed by atoms with Crippen LogP contribution in [0.5, 0.6) is 0 Å². The third-order valence-corrected chi connectivity index (χ3v) is 3.00. The number of carbonyl (C=O) groups excluding carboxylic acids is 1. The summed E-state index contributed by atoms with van der Waals surface area (Å²) in [6.07, 6.45) is 3.53. The molecular weight excluding hydrogens is 238 g/mol. The van der Waals surface area contributed by atoms with Crippen molar-refractivity contribution in [2.45, 2.75) is 9.92 Å². The number of nitrogens with zero attached hydrogens (tertiary/aromatic N) is 3. The van der Waals surface area contributed by atoms with Crippen molar-refractivity contribution in [1.82, 2.24) is 14.8 Å². The zero-order valence-electron chi connectivity index (χ0n) is 9.12. The Bertz CT molecular complexity index is 566. The molecule has 4 N–H and O–H groups in total. The molecule has 6 nitrogen and oxygen atoms in total. The predicted molar refractivity (Wildman–Crippen MR) is 64.5 cm³/mol. The average molecular weight is 249 g/mol. The molecule has 0 fully saturated rings. The van der Waals surface area contributed by atoms with E-state index in [0.29, 0.717) is 10.7 Å². The summed E-state index contributed by atoms with van der Waals surface area (Å²) in [4.78, 5) is 16.0. The lowest BCUT2D eigenvalue weighted by molar-refractivity contribution is 0.0995. The average Bonchev–Trinajstić information content (AvgIpc) is 2.67. The summed E-state index contributed by atoms with van der Waals surface area (Å²) in [6, 6.07) is 3.12. The minimum atomic E-state index is -0.571. The standard InChI is InChI=1S/C10H11N5OS/c1-15-5-6(4-13-15)17-10-7(11)2-3-8(14-10)9(12)16/h2-5H,11H2,1H3,(H2,12,16). The normalized spacial score (nSPS) is 10.4. The number of anilines is 1. The SMILES string of the molecule is Cn1cc(Sc2nc(C(N)=O)ccc2N)cn1. The fourth-order valence-electron chi connectivity index (χ4n) is 1.23. The highest BCUT2D eigenvalue weighted by Gasteiger charge is 2.09. The second kappa shape index (κ2) is 4.46. The molecule has 0 saturated carbocycles. The molecule has 1 amide bonds. The Labute approximate surface area is 102 Å². The first kappa shape index (κ1) is 11.5. The van der Waals surface area contributed by atoms with Crippen LogP contribution in [0.1, 0.15) is 10.5 Å². The largest absolute Gasteiger partial charge is 0.397 e. The van der Waals surface area contributed by atoms with Crippen LogP contribution in [0.25, 0.3) is 0 Å². The van der Waals surface area contributed by atoms with Crippen LogP contribution in [0.4, 0.5) is 5.69 Å². The van der Waals surface area contributed by atoms with Gasteiger partial charge in [0.1, 0.15) is 10.7 Å². The van der Waals surface area contributed by atoms with E-state index in [1.165, 1.54) is 17.8 Å². The minimum Gasteiger partial charge on any atom is -0.397 e. The summed E-state index contributed by atoms with van der Waals surface area (Å²) in [5.74, 6) is -0.571. The molecule has 0 aliphatic carbocycles. The highest BCUT2D eigenvalue weighted by molar-refractivity contribution is 7.99. The van der Waals surface area contributed by atoms with E-state index in [2.05, 4.69) is 10.1 Å². The van der Waals surface area contributed by atoms with Crippen LogP contribution < -0.4 is 11.5 Å². The van der Waals surface area contributed by atoms with E-state index in [9.17, 15) is 4.79 Å². The summed E-state index contributed by atoms with van der Waals surface area (Å²) in [6.45, 7) is 0. The molecule has 0 unspecified atom stereocenters.